The molecule has 0 amide bonds. The zero-order chi connectivity index (χ0) is 14.5. The number of ether oxygens (including phenoxy) is 1. The van der Waals surface area contributed by atoms with E-state index in [1.165, 1.54) is 13.3 Å². The molecule has 1 heterocycles. The minimum absolute atomic E-state index is 0.554. The summed E-state index contributed by atoms with van der Waals surface area (Å²) in [7, 11) is 1.54. The Morgan fingerprint density at radius 1 is 1.40 bits per heavy atom. The summed E-state index contributed by atoms with van der Waals surface area (Å²) in [5.41, 5.74) is 1.17. The molecule has 1 aromatic heterocycles. The molecule has 0 saturated carbocycles. The summed E-state index contributed by atoms with van der Waals surface area (Å²) < 4.78 is 5.93. The molecule has 2 rings (SSSR count). The van der Waals surface area contributed by atoms with Crippen molar-refractivity contribution in [3.05, 3.63) is 52.8 Å². The van der Waals surface area contributed by atoms with Crippen molar-refractivity contribution in [3.63, 3.8) is 0 Å². The highest BCUT2D eigenvalue weighted by molar-refractivity contribution is 9.10. The summed E-state index contributed by atoms with van der Waals surface area (Å²) in [5.74, 6) is -0.405. The SMILES string of the molecule is COc1ccccc1NC(C(=O)O)c1cncc(Br)c1. The number of nitrogens with one attached hydrogen (secondary N) is 1. The maximum absolute atomic E-state index is 11.5. The molecule has 1 aromatic carbocycles. The number of benzene rings is 1. The van der Waals surface area contributed by atoms with E-state index in [-0.39, 0.29) is 0 Å². The minimum atomic E-state index is -0.990. The standard InChI is InChI=1S/C14H13BrN2O3/c1-20-12-5-3-2-4-11(12)17-13(14(18)19)9-6-10(15)8-16-7-9/h2-8,13,17H,1H3,(H,18,19). The van der Waals surface area contributed by atoms with Gasteiger partial charge in [-0.1, -0.05) is 12.1 Å². The molecule has 104 valence electrons. The molecule has 0 saturated heterocycles. The summed E-state index contributed by atoms with van der Waals surface area (Å²) in [5, 5.41) is 12.4. The zero-order valence-electron chi connectivity index (χ0n) is 10.7. The Kier molecular flexibility index (Phi) is 4.57. The Balaban J connectivity index is 2.33. The summed E-state index contributed by atoms with van der Waals surface area (Å²) in [4.78, 5) is 15.5. The van der Waals surface area contributed by atoms with E-state index in [2.05, 4.69) is 26.2 Å². The molecule has 0 bridgehead atoms. The average Bonchev–Trinajstić information content (AvgIpc) is 2.44. The number of carbonyl (C=O) groups is 1. The van der Waals surface area contributed by atoms with Crippen molar-refractivity contribution in [2.24, 2.45) is 0 Å². The highest BCUT2D eigenvalue weighted by Crippen LogP contribution is 2.28. The fourth-order valence-electron chi connectivity index (χ4n) is 1.79. The first-order valence-electron chi connectivity index (χ1n) is 5.84. The summed E-state index contributed by atoms with van der Waals surface area (Å²) in [6.45, 7) is 0. The van der Waals surface area contributed by atoms with Gasteiger partial charge < -0.3 is 15.2 Å². The van der Waals surface area contributed by atoms with E-state index in [9.17, 15) is 9.90 Å². The molecule has 0 aliphatic heterocycles. The molecule has 1 unspecified atom stereocenters. The molecule has 0 fully saturated rings. The molecule has 5 nitrogen and oxygen atoms in total. The Bertz CT molecular complexity index is 619. The number of carboxylic acid groups (broad SMARTS) is 1. The lowest BCUT2D eigenvalue weighted by Crippen LogP contribution is -2.21. The van der Waals surface area contributed by atoms with Crippen LogP contribution in [0.1, 0.15) is 11.6 Å². The molecule has 20 heavy (non-hydrogen) atoms. The van der Waals surface area contributed by atoms with Crippen molar-refractivity contribution in [3.8, 4) is 5.75 Å². The third-order valence-corrected chi connectivity index (χ3v) is 3.15. The van der Waals surface area contributed by atoms with Gasteiger partial charge in [0.1, 0.15) is 5.75 Å². The molecule has 1 atom stereocenters. The second-order valence-electron chi connectivity index (χ2n) is 4.05. The number of hydrogen-bond acceptors (Lipinski definition) is 4. The van der Waals surface area contributed by atoms with Crippen LogP contribution in [0.5, 0.6) is 5.75 Å². The van der Waals surface area contributed by atoms with Gasteiger partial charge in [0.2, 0.25) is 0 Å². The Hall–Kier alpha value is -2.08. The van der Waals surface area contributed by atoms with Crippen molar-refractivity contribution in [1.82, 2.24) is 4.98 Å². The molecule has 6 heteroatoms. The first-order chi connectivity index (χ1) is 9.61. The van der Waals surface area contributed by atoms with Crippen molar-refractivity contribution in [2.45, 2.75) is 6.04 Å². The van der Waals surface area contributed by atoms with Crippen LogP contribution in [0.3, 0.4) is 0 Å². The van der Waals surface area contributed by atoms with Crippen LogP contribution >= 0.6 is 15.9 Å². The van der Waals surface area contributed by atoms with Crippen LogP contribution < -0.4 is 10.1 Å². The highest BCUT2D eigenvalue weighted by atomic mass is 79.9. The van der Waals surface area contributed by atoms with E-state index in [4.69, 9.17) is 4.74 Å². The molecular formula is C14H13BrN2O3. The van der Waals surface area contributed by atoms with Gasteiger partial charge in [0.05, 0.1) is 12.8 Å². The van der Waals surface area contributed by atoms with Gasteiger partial charge in [0.25, 0.3) is 0 Å². The second kappa shape index (κ2) is 6.38. The maximum Gasteiger partial charge on any atom is 0.330 e. The first kappa shape index (κ1) is 14.3. The number of aliphatic carboxylic acids is 1. The quantitative estimate of drug-likeness (QED) is 0.877. The average molecular weight is 337 g/mol. The van der Waals surface area contributed by atoms with Crippen molar-refractivity contribution >= 4 is 27.6 Å². The van der Waals surface area contributed by atoms with Crippen LogP contribution in [0.25, 0.3) is 0 Å². The molecule has 0 aliphatic carbocycles. The van der Waals surface area contributed by atoms with Crippen LogP contribution in [0, 0.1) is 0 Å². The molecule has 2 N–H and O–H groups in total. The molecule has 0 aliphatic rings. The number of pyridine rings is 1. The smallest absolute Gasteiger partial charge is 0.330 e. The van der Waals surface area contributed by atoms with Gasteiger partial charge in [-0.15, -0.1) is 0 Å². The van der Waals surface area contributed by atoms with E-state index in [1.807, 2.05) is 12.1 Å². The van der Waals surface area contributed by atoms with Crippen LogP contribution in [0.2, 0.25) is 0 Å². The van der Waals surface area contributed by atoms with Crippen LogP contribution in [-0.2, 0) is 4.79 Å². The number of anilines is 1. The molecule has 0 spiro atoms. The zero-order valence-corrected chi connectivity index (χ0v) is 12.3. The predicted molar refractivity (Wildman–Crippen MR) is 78.9 cm³/mol. The van der Waals surface area contributed by atoms with E-state index in [1.54, 1.807) is 24.4 Å². The van der Waals surface area contributed by atoms with Gasteiger partial charge in [0, 0.05) is 22.4 Å². The molecular weight excluding hydrogens is 324 g/mol. The number of hydrogen-bond donors (Lipinski definition) is 2. The lowest BCUT2D eigenvalue weighted by Gasteiger charge is -2.18. The highest BCUT2D eigenvalue weighted by Gasteiger charge is 2.21. The number of rotatable bonds is 5. The fraction of sp³-hybridized carbons (Fsp3) is 0.143. The number of nitrogens with zero attached hydrogens (tertiary/aromatic N) is 1. The van der Waals surface area contributed by atoms with Gasteiger partial charge in [-0.25, -0.2) is 4.79 Å². The van der Waals surface area contributed by atoms with Crippen LogP contribution in [-0.4, -0.2) is 23.2 Å². The Labute approximate surface area is 124 Å². The van der Waals surface area contributed by atoms with E-state index >= 15 is 0 Å². The van der Waals surface area contributed by atoms with Crippen LogP contribution in [0.15, 0.2) is 47.2 Å². The van der Waals surface area contributed by atoms with Gasteiger partial charge in [-0.3, -0.25) is 4.98 Å². The number of methoxy groups -OCH3 is 1. The molecule has 2 aromatic rings. The first-order valence-corrected chi connectivity index (χ1v) is 6.64. The number of halogens is 1. The summed E-state index contributed by atoms with van der Waals surface area (Å²) in [6.07, 6.45) is 3.12. The number of para-hydroxylation sites is 2. The van der Waals surface area contributed by atoms with Gasteiger partial charge in [-0.2, -0.15) is 0 Å². The maximum atomic E-state index is 11.5. The normalized spacial score (nSPS) is 11.7. The van der Waals surface area contributed by atoms with Crippen LogP contribution in [0.4, 0.5) is 5.69 Å². The van der Waals surface area contributed by atoms with Gasteiger partial charge in [0.15, 0.2) is 6.04 Å². The van der Waals surface area contributed by atoms with Gasteiger partial charge in [-0.05, 0) is 34.1 Å². The predicted octanol–water partition coefficient (Wildman–Crippen LogP) is 3.09. The van der Waals surface area contributed by atoms with E-state index in [0.717, 1.165) is 4.47 Å². The number of carboxylic acids is 1. The molecule has 0 radical (unpaired) electrons. The topological polar surface area (TPSA) is 71.5 Å². The minimum Gasteiger partial charge on any atom is -0.495 e. The van der Waals surface area contributed by atoms with Crippen molar-refractivity contribution < 1.29 is 14.6 Å². The third-order valence-electron chi connectivity index (χ3n) is 2.71. The van der Waals surface area contributed by atoms with E-state index < -0.39 is 12.0 Å². The third kappa shape index (κ3) is 3.27. The monoisotopic (exact) mass is 336 g/mol. The largest absolute Gasteiger partial charge is 0.495 e. The van der Waals surface area contributed by atoms with Crippen molar-refractivity contribution in [2.75, 3.05) is 12.4 Å². The lowest BCUT2D eigenvalue weighted by molar-refractivity contribution is -0.138. The number of aromatic nitrogens is 1. The van der Waals surface area contributed by atoms with Gasteiger partial charge >= 0.3 is 5.97 Å². The summed E-state index contributed by atoms with van der Waals surface area (Å²) >= 11 is 3.29. The fourth-order valence-corrected chi connectivity index (χ4v) is 2.18. The Morgan fingerprint density at radius 2 is 2.15 bits per heavy atom. The summed E-state index contributed by atoms with van der Waals surface area (Å²) in [6, 6.07) is 7.97. The Morgan fingerprint density at radius 3 is 2.80 bits per heavy atom. The van der Waals surface area contributed by atoms with Crippen molar-refractivity contribution in [1.29, 1.82) is 0 Å². The van der Waals surface area contributed by atoms with E-state index in [0.29, 0.717) is 17.0 Å². The lowest BCUT2D eigenvalue weighted by atomic mass is 10.1. The second-order valence-corrected chi connectivity index (χ2v) is 4.97.